The first kappa shape index (κ1) is 15.3. The highest BCUT2D eigenvalue weighted by molar-refractivity contribution is 5.81. The van der Waals surface area contributed by atoms with E-state index in [-0.39, 0.29) is 17.7 Å². The van der Waals surface area contributed by atoms with Crippen LogP contribution in [0.1, 0.15) is 51.9 Å². The number of piperidine rings is 1. The smallest absolute Gasteiger partial charge is 0.239 e. The van der Waals surface area contributed by atoms with Gasteiger partial charge in [-0.1, -0.05) is 0 Å². The molecule has 1 saturated carbocycles. The number of hydrogen-bond acceptors (Lipinski definition) is 4. The fourth-order valence-corrected chi connectivity index (χ4v) is 3.82. The average molecular weight is 296 g/mol. The molecule has 2 aliphatic heterocycles. The Bertz CT molecular complexity index is 353. The Balaban J connectivity index is 1.44. The first-order chi connectivity index (χ1) is 10.2. The SMILES string of the molecule is CC(NC1CCC2(CC1)OCCO2)C(=O)N1CCCCC1. The Morgan fingerprint density at radius 1 is 1.14 bits per heavy atom. The topological polar surface area (TPSA) is 50.8 Å². The highest BCUT2D eigenvalue weighted by atomic mass is 16.7. The predicted octanol–water partition coefficient (Wildman–Crippen LogP) is 1.66. The van der Waals surface area contributed by atoms with Gasteiger partial charge in [0.25, 0.3) is 0 Å². The molecule has 1 atom stereocenters. The van der Waals surface area contributed by atoms with Crippen LogP contribution in [0.4, 0.5) is 0 Å². The molecule has 0 radical (unpaired) electrons. The Morgan fingerprint density at radius 2 is 1.76 bits per heavy atom. The van der Waals surface area contributed by atoms with Crippen molar-refractivity contribution < 1.29 is 14.3 Å². The van der Waals surface area contributed by atoms with E-state index in [4.69, 9.17) is 9.47 Å². The largest absolute Gasteiger partial charge is 0.348 e. The second kappa shape index (κ2) is 6.63. The Hall–Kier alpha value is -0.650. The van der Waals surface area contributed by atoms with Gasteiger partial charge in [0, 0.05) is 32.0 Å². The quantitative estimate of drug-likeness (QED) is 0.860. The van der Waals surface area contributed by atoms with E-state index in [2.05, 4.69) is 5.32 Å². The van der Waals surface area contributed by atoms with Crippen LogP contribution in [-0.4, -0.2) is 55.0 Å². The van der Waals surface area contributed by atoms with Gasteiger partial charge in [0.05, 0.1) is 19.3 Å². The van der Waals surface area contributed by atoms with Crippen molar-refractivity contribution >= 4 is 5.91 Å². The van der Waals surface area contributed by atoms with Gasteiger partial charge in [0.1, 0.15) is 0 Å². The van der Waals surface area contributed by atoms with E-state index in [0.29, 0.717) is 6.04 Å². The van der Waals surface area contributed by atoms with E-state index in [1.165, 1.54) is 6.42 Å². The highest BCUT2D eigenvalue weighted by Gasteiger charge is 2.40. The minimum Gasteiger partial charge on any atom is -0.348 e. The van der Waals surface area contributed by atoms with E-state index in [1.54, 1.807) is 0 Å². The third kappa shape index (κ3) is 3.58. The second-order valence-corrected chi connectivity index (χ2v) is 6.66. The van der Waals surface area contributed by atoms with Gasteiger partial charge in [-0.25, -0.2) is 0 Å². The fraction of sp³-hybridized carbons (Fsp3) is 0.938. The molecule has 0 aromatic heterocycles. The molecule has 1 unspecified atom stereocenters. The lowest BCUT2D eigenvalue weighted by Crippen LogP contribution is -2.51. The van der Waals surface area contributed by atoms with Crippen LogP contribution in [-0.2, 0) is 14.3 Å². The summed E-state index contributed by atoms with van der Waals surface area (Å²) in [7, 11) is 0. The van der Waals surface area contributed by atoms with Crippen molar-refractivity contribution in [3.8, 4) is 0 Å². The lowest BCUT2D eigenvalue weighted by molar-refractivity contribution is -0.179. The monoisotopic (exact) mass is 296 g/mol. The molecule has 5 heteroatoms. The van der Waals surface area contributed by atoms with Crippen LogP contribution in [0.2, 0.25) is 0 Å². The van der Waals surface area contributed by atoms with E-state index in [0.717, 1.165) is 64.8 Å². The van der Waals surface area contributed by atoms with Crippen LogP contribution in [0.5, 0.6) is 0 Å². The number of rotatable bonds is 3. The van der Waals surface area contributed by atoms with Gasteiger partial charge in [-0.2, -0.15) is 0 Å². The average Bonchev–Trinajstić information content (AvgIpc) is 2.98. The van der Waals surface area contributed by atoms with Crippen LogP contribution < -0.4 is 5.32 Å². The minimum absolute atomic E-state index is 0.0763. The third-order valence-corrected chi connectivity index (χ3v) is 5.08. The van der Waals surface area contributed by atoms with Gasteiger partial charge in [0.2, 0.25) is 5.91 Å². The van der Waals surface area contributed by atoms with Crippen molar-refractivity contribution in [1.82, 2.24) is 10.2 Å². The zero-order valence-electron chi connectivity index (χ0n) is 13.1. The maximum Gasteiger partial charge on any atom is 0.239 e. The molecule has 1 aliphatic carbocycles. The van der Waals surface area contributed by atoms with E-state index < -0.39 is 0 Å². The molecule has 0 aromatic rings. The summed E-state index contributed by atoms with van der Waals surface area (Å²) in [6.07, 6.45) is 7.49. The zero-order chi connectivity index (χ0) is 14.7. The molecule has 0 aromatic carbocycles. The highest BCUT2D eigenvalue weighted by Crippen LogP contribution is 2.35. The molecular weight excluding hydrogens is 268 g/mol. The number of hydrogen-bond donors (Lipinski definition) is 1. The van der Waals surface area contributed by atoms with Crippen LogP contribution in [0.15, 0.2) is 0 Å². The molecule has 1 amide bonds. The van der Waals surface area contributed by atoms with Crippen LogP contribution in [0, 0.1) is 0 Å². The number of carbonyl (C=O) groups is 1. The van der Waals surface area contributed by atoms with E-state index in [1.807, 2.05) is 11.8 Å². The number of nitrogens with one attached hydrogen (secondary N) is 1. The van der Waals surface area contributed by atoms with Gasteiger partial charge in [0.15, 0.2) is 5.79 Å². The summed E-state index contributed by atoms with van der Waals surface area (Å²) < 4.78 is 11.5. The molecule has 120 valence electrons. The number of amides is 1. The summed E-state index contributed by atoms with van der Waals surface area (Å²) in [6.45, 7) is 5.31. The molecule has 2 saturated heterocycles. The van der Waals surface area contributed by atoms with Crippen molar-refractivity contribution in [3.63, 3.8) is 0 Å². The van der Waals surface area contributed by atoms with Gasteiger partial charge >= 0.3 is 0 Å². The van der Waals surface area contributed by atoms with Crippen molar-refractivity contribution in [3.05, 3.63) is 0 Å². The Morgan fingerprint density at radius 3 is 2.38 bits per heavy atom. The lowest BCUT2D eigenvalue weighted by atomic mass is 9.89. The summed E-state index contributed by atoms with van der Waals surface area (Å²) in [4.78, 5) is 14.5. The standard InChI is InChI=1S/C16H28N2O3/c1-13(15(19)18-9-3-2-4-10-18)17-14-5-7-16(8-6-14)20-11-12-21-16/h13-14,17H,2-12H2,1H3. The summed E-state index contributed by atoms with van der Waals surface area (Å²) in [5.41, 5.74) is 0. The molecule has 1 N–H and O–H groups in total. The van der Waals surface area contributed by atoms with Crippen molar-refractivity contribution in [2.75, 3.05) is 26.3 Å². The fourth-order valence-electron chi connectivity index (χ4n) is 3.82. The minimum atomic E-state index is -0.307. The van der Waals surface area contributed by atoms with Crippen molar-refractivity contribution in [2.24, 2.45) is 0 Å². The molecule has 3 fully saturated rings. The van der Waals surface area contributed by atoms with Gasteiger partial charge in [-0.05, 0) is 39.0 Å². The van der Waals surface area contributed by atoms with Crippen LogP contribution in [0.3, 0.4) is 0 Å². The summed E-state index contributed by atoms with van der Waals surface area (Å²) in [5, 5.41) is 3.52. The van der Waals surface area contributed by atoms with Gasteiger partial charge < -0.3 is 19.7 Å². The second-order valence-electron chi connectivity index (χ2n) is 6.66. The molecule has 5 nitrogen and oxygen atoms in total. The molecule has 0 bridgehead atoms. The predicted molar refractivity (Wildman–Crippen MR) is 79.9 cm³/mol. The normalized spacial score (nSPS) is 28.0. The number of carbonyl (C=O) groups excluding carboxylic acids is 1. The number of nitrogens with zero attached hydrogens (tertiary/aromatic N) is 1. The summed E-state index contributed by atoms with van der Waals surface area (Å²) >= 11 is 0. The summed E-state index contributed by atoms with van der Waals surface area (Å²) in [6, 6.07) is 0.333. The van der Waals surface area contributed by atoms with Gasteiger partial charge in [-0.15, -0.1) is 0 Å². The first-order valence-electron chi connectivity index (χ1n) is 8.51. The molecule has 3 rings (SSSR count). The first-order valence-corrected chi connectivity index (χ1v) is 8.51. The third-order valence-electron chi connectivity index (χ3n) is 5.08. The van der Waals surface area contributed by atoms with Crippen molar-refractivity contribution in [1.29, 1.82) is 0 Å². The van der Waals surface area contributed by atoms with Gasteiger partial charge in [-0.3, -0.25) is 4.79 Å². The molecule has 21 heavy (non-hydrogen) atoms. The van der Waals surface area contributed by atoms with E-state index >= 15 is 0 Å². The zero-order valence-corrected chi connectivity index (χ0v) is 13.1. The molecular formula is C16H28N2O3. The Kier molecular flexibility index (Phi) is 4.82. The maximum absolute atomic E-state index is 12.4. The Labute approximate surface area is 127 Å². The molecule has 2 heterocycles. The lowest BCUT2D eigenvalue weighted by Gasteiger charge is -2.37. The van der Waals surface area contributed by atoms with Crippen LogP contribution >= 0.6 is 0 Å². The van der Waals surface area contributed by atoms with Crippen molar-refractivity contribution in [2.45, 2.75) is 69.7 Å². The van der Waals surface area contributed by atoms with Crippen LogP contribution in [0.25, 0.3) is 0 Å². The number of likely N-dealkylation sites (tertiary alicyclic amines) is 1. The summed E-state index contributed by atoms with van der Waals surface area (Å²) in [5.74, 6) is -0.0403. The van der Waals surface area contributed by atoms with E-state index in [9.17, 15) is 4.79 Å². The number of ether oxygens (including phenoxy) is 2. The molecule has 1 spiro atoms. The molecule has 3 aliphatic rings. The maximum atomic E-state index is 12.4.